The summed E-state index contributed by atoms with van der Waals surface area (Å²) in [5.41, 5.74) is 0.402. The summed E-state index contributed by atoms with van der Waals surface area (Å²) in [6.07, 6.45) is -3.87. The van der Waals surface area contributed by atoms with Gasteiger partial charge in [0.1, 0.15) is 17.5 Å². The zero-order chi connectivity index (χ0) is 21.8. The van der Waals surface area contributed by atoms with Crippen LogP contribution in [0.5, 0.6) is 11.5 Å². The third kappa shape index (κ3) is 6.28. The molecule has 0 aliphatic rings. The fourth-order valence-corrected chi connectivity index (χ4v) is 3.71. The molecule has 2 rings (SSSR count). The Hall–Kier alpha value is -2.95. The van der Waals surface area contributed by atoms with Crippen molar-refractivity contribution in [2.75, 3.05) is 23.0 Å². The molecule has 1 atom stereocenters. The maximum Gasteiger partial charge on any atom is 0.573 e. The van der Waals surface area contributed by atoms with Crippen molar-refractivity contribution in [2.24, 2.45) is 0 Å². The number of amides is 1. The number of rotatable bonds is 7. The van der Waals surface area contributed by atoms with Crippen molar-refractivity contribution in [1.29, 1.82) is 0 Å². The van der Waals surface area contributed by atoms with Crippen molar-refractivity contribution in [2.45, 2.75) is 19.3 Å². The number of benzene rings is 2. The third-order valence-corrected chi connectivity index (χ3v) is 4.99. The Kier molecular flexibility index (Phi) is 6.62. The smallest absolute Gasteiger partial charge is 0.497 e. The molecule has 1 N–H and O–H groups in total. The van der Waals surface area contributed by atoms with Gasteiger partial charge in [-0.3, -0.25) is 9.10 Å². The van der Waals surface area contributed by atoms with Gasteiger partial charge in [-0.1, -0.05) is 6.07 Å². The maximum atomic E-state index is 12.6. The summed E-state index contributed by atoms with van der Waals surface area (Å²) in [7, 11) is -2.41. The molecule has 0 bridgehead atoms. The van der Waals surface area contributed by atoms with Gasteiger partial charge in [0.05, 0.1) is 19.1 Å². The van der Waals surface area contributed by atoms with Crippen molar-refractivity contribution in [3.63, 3.8) is 0 Å². The number of nitrogens with zero attached hydrogens (tertiary/aromatic N) is 1. The molecule has 0 aliphatic carbocycles. The Balaban J connectivity index is 2.21. The monoisotopic (exact) mass is 432 g/mol. The molecule has 0 aromatic heterocycles. The van der Waals surface area contributed by atoms with E-state index in [2.05, 4.69) is 10.1 Å². The summed E-state index contributed by atoms with van der Waals surface area (Å²) in [6.45, 7) is 1.39. The molecule has 0 unspecified atom stereocenters. The van der Waals surface area contributed by atoms with Gasteiger partial charge in [-0.15, -0.1) is 13.2 Å². The van der Waals surface area contributed by atoms with E-state index >= 15 is 0 Å². The average molecular weight is 432 g/mol. The van der Waals surface area contributed by atoms with Gasteiger partial charge in [-0.05, 0) is 43.3 Å². The fraction of sp³-hybridized carbons (Fsp3) is 0.278. The normalized spacial score (nSPS) is 12.8. The van der Waals surface area contributed by atoms with E-state index in [-0.39, 0.29) is 11.4 Å². The van der Waals surface area contributed by atoms with Crippen LogP contribution in [0.4, 0.5) is 24.5 Å². The molecular weight excluding hydrogens is 413 g/mol. The van der Waals surface area contributed by atoms with E-state index in [1.807, 2.05) is 0 Å². The Morgan fingerprint density at radius 3 is 2.24 bits per heavy atom. The Morgan fingerprint density at radius 1 is 1.10 bits per heavy atom. The van der Waals surface area contributed by atoms with Gasteiger partial charge in [0.25, 0.3) is 0 Å². The van der Waals surface area contributed by atoms with Gasteiger partial charge < -0.3 is 14.8 Å². The van der Waals surface area contributed by atoms with Crippen LogP contribution in [-0.2, 0) is 14.8 Å². The second-order valence-corrected chi connectivity index (χ2v) is 7.86. The summed E-state index contributed by atoms with van der Waals surface area (Å²) in [6, 6.07) is 9.52. The topological polar surface area (TPSA) is 84.9 Å². The quantitative estimate of drug-likeness (QED) is 0.725. The number of alkyl halides is 3. The number of ether oxygens (including phenoxy) is 2. The van der Waals surface area contributed by atoms with E-state index < -0.39 is 34.1 Å². The number of carbonyl (C=O) groups is 1. The van der Waals surface area contributed by atoms with Crippen molar-refractivity contribution < 1.29 is 35.9 Å². The predicted molar refractivity (Wildman–Crippen MR) is 102 cm³/mol. The van der Waals surface area contributed by atoms with Crippen LogP contribution < -0.4 is 19.1 Å². The molecule has 0 saturated heterocycles. The fourth-order valence-electron chi connectivity index (χ4n) is 2.54. The number of sulfonamides is 1. The Bertz CT molecular complexity index is 962. The number of hydrogen-bond acceptors (Lipinski definition) is 5. The van der Waals surface area contributed by atoms with E-state index in [4.69, 9.17) is 4.74 Å². The number of nitrogens with one attached hydrogen (secondary N) is 1. The first-order valence-electron chi connectivity index (χ1n) is 8.21. The molecule has 0 heterocycles. The van der Waals surface area contributed by atoms with Gasteiger partial charge in [0.2, 0.25) is 15.9 Å². The van der Waals surface area contributed by atoms with Crippen molar-refractivity contribution >= 4 is 27.3 Å². The van der Waals surface area contributed by atoms with Gasteiger partial charge in [0, 0.05) is 11.8 Å². The summed E-state index contributed by atoms with van der Waals surface area (Å²) < 4.78 is 71.0. The van der Waals surface area contributed by atoms with E-state index in [1.165, 1.54) is 38.3 Å². The van der Waals surface area contributed by atoms with Crippen LogP contribution in [0.1, 0.15) is 6.92 Å². The molecule has 0 radical (unpaired) electrons. The van der Waals surface area contributed by atoms with Crippen LogP contribution in [-0.4, -0.2) is 40.1 Å². The standard InChI is InChI=1S/C18H19F3N2O5S/c1-12(23(29(3,25)26)14-5-4-6-16(11-14)27-2)17(24)22-13-7-9-15(10-8-13)28-18(19,20)21/h4-12H,1-3H3,(H,22,24)/t12-/m1/s1. The summed E-state index contributed by atoms with van der Waals surface area (Å²) >= 11 is 0. The molecule has 29 heavy (non-hydrogen) atoms. The molecule has 11 heteroatoms. The molecule has 158 valence electrons. The van der Waals surface area contributed by atoms with Crippen molar-refractivity contribution in [3.05, 3.63) is 48.5 Å². The zero-order valence-corrected chi connectivity index (χ0v) is 16.5. The largest absolute Gasteiger partial charge is 0.573 e. The lowest BCUT2D eigenvalue weighted by Gasteiger charge is -2.28. The van der Waals surface area contributed by atoms with Crippen molar-refractivity contribution in [1.82, 2.24) is 0 Å². The Labute approximate surface area is 166 Å². The number of hydrogen-bond donors (Lipinski definition) is 1. The number of anilines is 2. The number of halogens is 3. The van der Waals surface area contributed by atoms with Crippen LogP contribution in [0.15, 0.2) is 48.5 Å². The highest BCUT2D eigenvalue weighted by molar-refractivity contribution is 7.92. The molecule has 0 fully saturated rings. The van der Waals surface area contributed by atoms with Gasteiger partial charge in [-0.25, -0.2) is 8.42 Å². The second-order valence-electron chi connectivity index (χ2n) is 6.00. The molecule has 1 amide bonds. The first kappa shape index (κ1) is 22.3. The zero-order valence-electron chi connectivity index (χ0n) is 15.7. The molecule has 7 nitrogen and oxygen atoms in total. The summed E-state index contributed by atoms with van der Waals surface area (Å²) in [5, 5.41) is 2.47. The minimum Gasteiger partial charge on any atom is -0.497 e. The Morgan fingerprint density at radius 2 is 1.72 bits per heavy atom. The first-order valence-corrected chi connectivity index (χ1v) is 10.1. The highest BCUT2D eigenvalue weighted by atomic mass is 32.2. The molecule has 0 aliphatic heterocycles. The van der Waals surface area contributed by atoms with Crippen LogP contribution >= 0.6 is 0 Å². The number of methoxy groups -OCH3 is 1. The lowest BCUT2D eigenvalue weighted by Crippen LogP contribution is -2.45. The van der Waals surface area contributed by atoms with E-state index in [0.29, 0.717) is 5.75 Å². The summed E-state index contributed by atoms with van der Waals surface area (Å²) in [5.74, 6) is -0.718. The highest BCUT2D eigenvalue weighted by Gasteiger charge is 2.31. The minimum absolute atomic E-state index is 0.176. The van der Waals surface area contributed by atoms with E-state index in [0.717, 1.165) is 22.7 Å². The number of carbonyl (C=O) groups excluding carboxylic acids is 1. The maximum absolute atomic E-state index is 12.6. The van der Waals surface area contributed by atoms with Crippen LogP contribution in [0, 0.1) is 0 Å². The van der Waals surface area contributed by atoms with Crippen molar-refractivity contribution in [3.8, 4) is 11.5 Å². The predicted octanol–water partition coefficient (Wildman–Crippen LogP) is 3.39. The van der Waals surface area contributed by atoms with Gasteiger partial charge >= 0.3 is 6.36 Å². The van der Waals surface area contributed by atoms with E-state index in [1.54, 1.807) is 12.1 Å². The van der Waals surface area contributed by atoms with Gasteiger partial charge in [-0.2, -0.15) is 0 Å². The van der Waals surface area contributed by atoms with Gasteiger partial charge in [0.15, 0.2) is 0 Å². The highest BCUT2D eigenvalue weighted by Crippen LogP contribution is 2.27. The average Bonchev–Trinajstić information content (AvgIpc) is 2.61. The lowest BCUT2D eigenvalue weighted by atomic mass is 10.2. The second kappa shape index (κ2) is 8.60. The molecule has 0 spiro atoms. The van der Waals surface area contributed by atoms with E-state index in [9.17, 15) is 26.4 Å². The minimum atomic E-state index is -4.83. The molecule has 2 aromatic carbocycles. The van der Waals surface area contributed by atoms with Crippen LogP contribution in [0.2, 0.25) is 0 Å². The first-order chi connectivity index (χ1) is 13.4. The molecule has 0 saturated carbocycles. The van der Waals surface area contributed by atoms with Crippen LogP contribution in [0.3, 0.4) is 0 Å². The SMILES string of the molecule is COc1cccc(N([C@H](C)C(=O)Nc2ccc(OC(F)(F)F)cc2)S(C)(=O)=O)c1. The lowest BCUT2D eigenvalue weighted by molar-refractivity contribution is -0.274. The summed E-state index contributed by atoms with van der Waals surface area (Å²) in [4.78, 5) is 12.6. The van der Waals surface area contributed by atoms with Crippen LogP contribution in [0.25, 0.3) is 0 Å². The molecule has 2 aromatic rings. The molecular formula is C18H19F3N2O5S. The third-order valence-electron chi connectivity index (χ3n) is 3.75.